The molecule has 6 nitrogen and oxygen atoms in total. The van der Waals surface area contributed by atoms with E-state index in [4.69, 9.17) is 0 Å². The molecule has 0 aliphatic rings. The fraction of sp³-hybridized carbons (Fsp3) is 0.273. The summed E-state index contributed by atoms with van der Waals surface area (Å²) in [6.45, 7) is 0. The molecule has 0 amide bonds. The van der Waals surface area contributed by atoms with Crippen LogP contribution in [0.3, 0.4) is 0 Å². The van der Waals surface area contributed by atoms with E-state index < -0.39 is 23.5 Å². The van der Waals surface area contributed by atoms with Crippen LogP contribution in [0.15, 0.2) is 18.7 Å². The van der Waals surface area contributed by atoms with Gasteiger partial charge in [-0.3, -0.25) is 0 Å². The van der Waals surface area contributed by atoms with Gasteiger partial charge in [0.1, 0.15) is 6.33 Å². The van der Waals surface area contributed by atoms with E-state index >= 15 is 0 Å². The molecule has 20 heavy (non-hydrogen) atoms. The van der Waals surface area contributed by atoms with Crippen LogP contribution in [0.1, 0.15) is 5.56 Å². The van der Waals surface area contributed by atoms with Gasteiger partial charge < -0.3 is 9.47 Å². The molecule has 0 fully saturated rings. The average molecular weight is 286 g/mol. The summed E-state index contributed by atoms with van der Waals surface area (Å²) in [6.07, 6.45) is -0.673. The first-order valence-electron chi connectivity index (χ1n) is 5.30. The van der Waals surface area contributed by atoms with Crippen molar-refractivity contribution in [2.75, 3.05) is 14.2 Å². The molecule has 0 atom stereocenters. The molecular weight excluding hydrogens is 277 g/mol. The summed E-state index contributed by atoms with van der Waals surface area (Å²) in [7, 11) is 2.17. The lowest BCUT2D eigenvalue weighted by molar-refractivity contribution is -0.140. The van der Waals surface area contributed by atoms with E-state index in [0.717, 1.165) is 14.2 Å². The largest absolute Gasteiger partial charge is 0.480 e. The Morgan fingerprint density at radius 1 is 0.950 bits per heavy atom. The topological polar surface area (TPSA) is 70.0 Å². The minimum Gasteiger partial charge on any atom is -0.480 e. The molecule has 9 heteroatoms. The number of rotatable bonds is 3. The first-order valence-corrected chi connectivity index (χ1v) is 5.30. The number of halogens is 3. The third-order valence-electron chi connectivity index (χ3n) is 2.33. The summed E-state index contributed by atoms with van der Waals surface area (Å²) in [4.78, 5) is 14.9. The first-order chi connectivity index (χ1) is 9.47. The monoisotopic (exact) mass is 286 g/mol. The number of aromatic nitrogens is 4. The molecule has 0 spiro atoms. The predicted octanol–water partition coefficient (Wildman–Crippen LogP) is 1.97. The molecule has 2 aromatic heterocycles. The molecule has 0 bridgehead atoms. The lowest BCUT2D eigenvalue weighted by Gasteiger charge is -2.15. The van der Waals surface area contributed by atoms with Gasteiger partial charge in [0.25, 0.3) is 0 Å². The van der Waals surface area contributed by atoms with E-state index in [1.54, 1.807) is 0 Å². The van der Waals surface area contributed by atoms with Crippen molar-refractivity contribution in [3.63, 3.8) is 0 Å². The summed E-state index contributed by atoms with van der Waals surface area (Å²) in [5.41, 5.74) is -0.819. The van der Waals surface area contributed by atoms with Crippen LogP contribution in [0, 0.1) is 0 Å². The maximum Gasteiger partial charge on any atom is 0.426 e. The molecule has 0 N–H and O–H groups in total. The molecular formula is C11H9F3N4O2. The summed E-state index contributed by atoms with van der Waals surface area (Å²) >= 11 is 0. The second-order valence-electron chi connectivity index (χ2n) is 3.57. The summed E-state index contributed by atoms with van der Waals surface area (Å²) < 4.78 is 48.2. The Kier molecular flexibility index (Phi) is 3.68. The third kappa shape index (κ3) is 2.60. The van der Waals surface area contributed by atoms with Gasteiger partial charge in [-0.25, -0.2) is 9.97 Å². The van der Waals surface area contributed by atoms with Gasteiger partial charge in [0.2, 0.25) is 11.8 Å². The number of hydrogen-bond donors (Lipinski definition) is 0. The molecule has 0 aromatic carbocycles. The van der Waals surface area contributed by atoms with Crippen molar-refractivity contribution in [1.82, 2.24) is 19.9 Å². The lowest BCUT2D eigenvalue weighted by atomic mass is 10.2. The van der Waals surface area contributed by atoms with Gasteiger partial charge in [-0.05, 0) is 0 Å². The fourth-order valence-corrected chi connectivity index (χ4v) is 1.50. The summed E-state index contributed by atoms with van der Waals surface area (Å²) in [6, 6.07) is 0. The van der Waals surface area contributed by atoms with Crippen molar-refractivity contribution in [1.29, 1.82) is 0 Å². The standard InChI is InChI=1S/C11H9F3N4O2/c1-19-9-7(11(12,13)14)10(20-2)18-8(17-9)6-3-15-5-16-4-6/h3-5H,1-2H3. The Bertz CT molecular complexity index is 579. The molecule has 0 unspecified atom stereocenters. The van der Waals surface area contributed by atoms with Crippen molar-refractivity contribution in [3.8, 4) is 23.1 Å². The minimum absolute atomic E-state index is 0.0210. The SMILES string of the molecule is COc1nc(-c2cncnc2)nc(OC)c1C(F)(F)F. The maximum absolute atomic E-state index is 13.0. The highest BCUT2D eigenvalue weighted by molar-refractivity contribution is 5.55. The van der Waals surface area contributed by atoms with Gasteiger partial charge in [0.15, 0.2) is 11.4 Å². The van der Waals surface area contributed by atoms with Crippen molar-refractivity contribution in [2.24, 2.45) is 0 Å². The van der Waals surface area contributed by atoms with E-state index in [1.807, 2.05) is 0 Å². The van der Waals surface area contributed by atoms with Crippen molar-refractivity contribution in [3.05, 3.63) is 24.3 Å². The first kappa shape index (κ1) is 14.0. The predicted molar refractivity (Wildman–Crippen MR) is 61.2 cm³/mol. The maximum atomic E-state index is 13.0. The molecule has 106 valence electrons. The Morgan fingerprint density at radius 2 is 1.45 bits per heavy atom. The molecule has 2 aromatic rings. The smallest absolute Gasteiger partial charge is 0.426 e. The van der Waals surface area contributed by atoms with Gasteiger partial charge in [0.05, 0.1) is 19.8 Å². The second-order valence-corrected chi connectivity index (χ2v) is 3.57. The molecule has 0 saturated carbocycles. The highest BCUT2D eigenvalue weighted by Crippen LogP contribution is 2.41. The number of nitrogens with zero attached hydrogens (tertiary/aromatic N) is 4. The van der Waals surface area contributed by atoms with Crippen LogP contribution in [0.4, 0.5) is 13.2 Å². The van der Waals surface area contributed by atoms with E-state index in [-0.39, 0.29) is 5.82 Å². The molecule has 0 aliphatic heterocycles. The van der Waals surface area contributed by atoms with Gasteiger partial charge in [-0.15, -0.1) is 0 Å². The quantitative estimate of drug-likeness (QED) is 0.859. The van der Waals surface area contributed by atoms with Crippen molar-refractivity contribution < 1.29 is 22.6 Å². The zero-order chi connectivity index (χ0) is 14.8. The average Bonchev–Trinajstić information content (AvgIpc) is 2.45. The number of alkyl halides is 3. The number of ether oxygens (including phenoxy) is 2. The number of methoxy groups -OCH3 is 2. The minimum atomic E-state index is -4.69. The van der Waals surface area contributed by atoms with Crippen LogP contribution in [0.25, 0.3) is 11.4 Å². The van der Waals surface area contributed by atoms with Crippen LogP contribution in [-0.2, 0) is 6.18 Å². The van der Waals surface area contributed by atoms with Gasteiger partial charge in [-0.2, -0.15) is 23.1 Å². The van der Waals surface area contributed by atoms with Crippen molar-refractivity contribution in [2.45, 2.75) is 6.18 Å². The van der Waals surface area contributed by atoms with E-state index in [2.05, 4.69) is 29.4 Å². The van der Waals surface area contributed by atoms with Gasteiger partial charge >= 0.3 is 6.18 Å². The lowest BCUT2D eigenvalue weighted by Crippen LogP contribution is -2.13. The zero-order valence-corrected chi connectivity index (χ0v) is 10.5. The van der Waals surface area contributed by atoms with E-state index in [0.29, 0.717) is 5.56 Å². The van der Waals surface area contributed by atoms with Crippen LogP contribution in [0.2, 0.25) is 0 Å². The number of hydrogen-bond acceptors (Lipinski definition) is 6. The fourth-order valence-electron chi connectivity index (χ4n) is 1.50. The zero-order valence-electron chi connectivity index (χ0n) is 10.5. The third-order valence-corrected chi connectivity index (χ3v) is 2.33. The van der Waals surface area contributed by atoms with E-state index in [1.165, 1.54) is 18.7 Å². The second kappa shape index (κ2) is 5.27. The van der Waals surface area contributed by atoms with Crippen LogP contribution in [0.5, 0.6) is 11.8 Å². The Labute approximate surface area is 111 Å². The van der Waals surface area contributed by atoms with Crippen LogP contribution in [-0.4, -0.2) is 34.2 Å². The molecule has 0 aliphatic carbocycles. The molecule has 0 saturated heterocycles. The Morgan fingerprint density at radius 3 is 1.85 bits per heavy atom. The van der Waals surface area contributed by atoms with Gasteiger partial charge in [0, 0.05) is 12.4 Å². The van der Waals surface area contributed by atoms with Crippen LogP contribution >= 0.6 is 0 Å². The molecule has 0 radical (unpaired) electrons. The molecule has 2 rings (SSSR count). The molecule has 2 heterocycles. The van der Waals surface area contributed by atoms with Gasteiger partial charge in [-0.1, -0.05) is 0 Å². The summed E-state index contributed by atoms with van der Waals surface area (Å²) in [5, 5.41) is 0. The van der Waals surface area contributed by atoms with E-state index in [9.17, 15) is 13.2 Å². The normalized spacial score (nSPS) is 11.2. The Hall–Kier alpha value is -2.45. The van der Waals surface area contributed by atoms with Crippen molar-refractivity contribution >= 4 is 0 Å². The summed E-state index contributed by atoms with van der Waals surface area (Å²) in [5.74, 6) is -1.27. The Balaban J connectivity index is 2.65. The van der Waals surface area contributed by atoms with Crippen LogP contribution < -0.4 is 9.47 Å². The highest BCUT2D eigenvalue weighted by atomic mass is 19.4. The highest BCUT2D eigenvalue weighted by Gasteiger charge is 2.40.